The van der Waals surface area contributed by atoms with Crippen LogP contribution in [-0.4, -0.2) is 71.4 Å². The molecule has 1 aliphatic rings. The maximum atomic E-state index is 13.1. The summed E-state index contributed by atoms with van der Waals surface area (Å²) in [7, 11) is 0. The molecule has 0 bridgehead atoms. The molecule has 2 aromatic heterocycles. The Morgan fingerprint density at radius 3 is 2.82 bits per heavy atom. The van der Waals surface area contributed by atoms with Crippen LogP contribution in [0.3, 0.4) is 0 Å². The summed E-state index contributed by atoms with van der Waals surface area (Å²) in [6.07, 6.45) is 5.02. The van der Waals surface area contributed by atoms with Crippen molar-refractivity contribution in [2.75, 3.05) is 39.4 Å². The third kappa shape index (κ3) is 5.75. The highest BCUT2D eigenvalue weighted by molar-refractivity contribution is 5.89. The number of H-pyrrole nitrogens is 1. The topological polar surface area (TPSA) is 99.7 Å². The zero-order valence-electron chi connectivity index (χ0n) is 19.9. The lowest BCUT2D eigenvalue weighted by molar-refractivity contribution is -0.144. The zero-order chi connectivity index (χ0) is 23.9. The number of nitrogens with one attached hydrogen (secondary N) is 2. The zero-order valence-corrected chi connectivity index (χ0v) is 19.9. The average molecular weight is 467 g/mol. The Hall–Kier alpha value is -2.94. The highest BCUT2D eigenvalue weighted by atomic mass is 16.5. The van der Waals surface area contributed by atoms with Gasteiger partial charge in [-0.2, -0.15) is 0 Å². The number of aromatic amines is 1. The van der Waals surface area contributed by atoms with Crippen molar-refractivity contribution < 1.29 is 19.4 Å². The molecule has 182 valence electrons. The number of fused-ring (bicyclic) bond motifs is 1. The van der Waals surface area contributed by atoms with Crippen LogP contribution in [-0.2, 0) is 16.0 Å². The van der Waals surface area contributed by atoms with Gasteiger partial charge in [0, 0.05) is 49.2 Å². The Labute approximate surface area is 200 Å². The van der Waals surface area contributed by atoms with Gasteiger partial charge in [-0.3, -0.25) is 9.78 Å². The van der Waals surface area contributed by atoms with Crippen LogP contribution in [0.15, 0.2) is 48.9 Å². The SMILES string of the molecule is CC(C)[C@H](Oc1cccc2c(CCNC[C@H](O)c3cccnc3)c[nH]c12)C(=O)N1CCOCC1. The fourth-order valence-corrected chi connectivity index (χ4v) is 4.21. The molecule has 0 saturated carbocycles. The van der Waals surface area contributed by atoms with Gasteiger partial charge >= 0.3 is 0 Å². The molecule has 3 aromatic rings. The molecule has 3 heterocycles. The van der Waals surface area contributed by atoms with E-state index in [4.69, 9.17) is 9.47 Å². The lowest BCUT2D eigenvalue weighted by atomic mass is 10.1. The highest BCUT2D eigenvalue weighted by Crippen LogP contribution is 2.29. The molecule has 0 unspecified atom stereocenters. The van der Waals surface area contributed by atoms with Gasteiger partial charge in [0.05, 0.1) is 24.8 Å². The summed E-state index contributed by atoms with van der Waals surface area (Å²) in [5, 5.41) is 14.7. The Morgan fingerprint density at radius 2 is 2.09 bits per heavy atom. The average Bonchev–Trinajstić information content (AvgIpc) is 3.29. The molecule has 8 nitrogen and oxygen atoms in total. The molecule has 0 radical (unpaired) electrons. The fraction of sp³-hybridized carbons (Fsp3) is 0.462. The van der Waals surface area contributed by atoms with E-state index in [2.05, 4.69) is 21.4 Å². The number of morpholine rings is 1. The van der Waals surface area contributed by atoms with Crippen molar-refractivity contribution in [2.24, 2.45) is 5.92 Å². The molecule has 1 saturated heterocycles. The van der Waals surface area contributed by atoms with E-state index in [9.17, 15) is 9.90 Å². The number of aliphatic hydroxyl groups excluding tert-OH is 1. The van der Waals surface area contributed by atoms with E-state index in [0.717, 1.165) is 35.0 Å². The number of aliphatic hydroxyl groups is 1. The predicted molar refractivity (Wildman–Crippen MR) is 131 cm³/mol. The van der Waals surface area contributed by atoms with Crippen LogP contribution in [0.5, 0.6) is 5.75 Å². The van der Waals surface area contributed by atoms with E-state index >= 15 is 0 Å². The molecule has 1 fully saturated rings. The van der Waals surface area contributed by atoms with E-state index < -0.39 is 12.2 Å². The first-order chi connectivity index (χ1) is 16.5. The minimum absolute atomic E-state index is 0.0125. The standard InChI is InChI=1S/C26H34N4O4/c1-18(2)25(26(32)30-11-13-33-14-12-30)34-23-7-3-6-21-19(16-29-24(21)23)8-10-28-17-22(31)20-5-4-9-27-15-20/h3-7,9,15-16,18,22,25,28-29,31H,8,10-14,17H2,1-2H3/t22-,25-/m0/s1. The van der Waals surface area contributed by atoms with Crippen molar-refractivity contribution >= 4 is 16.8 Å². The van der Waals surface area contributed by atoms with Crippen molar-refractivity contribution in [3.63, 3.8) is 0 Å². The van der Waals surface area contributed by atoms with E-state index in [1.807, 2.05) is 49.2 Å². The van der Waals surface area contributed by atoms with Crippen LogP contribution >= 0.6 is 0 Å². The van der Waals surface area contributed by atoms with Crippen LogP contribution in [0.25, 0.3) is 10.9 Å². The molecule has 8 heteroatoms. The second-order valence-electron chi connectivity index (χ2n) is 8.97. The minimum Gasteiger partial charge on any atom is -0.478 e. The van der Waals surface area contributed by atoms with Crippen molar-refractivity contribution in [3.8, 4) is 5.75 Å². The second-order valence-corrected chi connectivity index (χ2v) is 8.97. The molecule has 34 heavy (non-hydrogen) atoms. The highest BCUT2D eigenvalue weighted by Gasteiger charge is 2.30. The van der Waals surface area contributed by atoms with Crippen LogP contribution < -0.4 is 10.1 Å². The van der Waals surface area contributed by atoms with Crippen molar-refractivity contribution in [3.05, 3.63) is 60.0 Å². The Balaban J connectivity index is 1.39. The molecular weight excluding hydrogens is 432 g/mol. The fourth-order valence-electron chi connectivity index (χ4n) is 4.21. The van der Waals surface area contributed by atoms with Crippen molar-refractivity contribution in [1.29, 1.82) is 0 Å². The molecule has 0 aliphatic carbocycles. The van der Waals surface area contributed by atoms with Crippen LogP contribution in [0.4, 0.5) is 0 Å². The Bertz CT molecular complexity index is 1060. The summed E-state index contributed by atoms with van der Waals surface area (Å²) in [5.41, 5.74) is 2.85. The number of hydrogen-bond donors (Lipinski definition) is 3. The summed E-state index contributed by atoms with van der Waals surface area (Å²) < 4.78 is 11.7. The van der Waals surface area contributed by atoms with Crippen LogP contribution in [0, 0.1) is 5.92 Å². The molecule has 3 N–H and O–H groups in total. The third-order valence-electron chi connectivity index (χ3n) is 6.17. The number of benzene rings is 1. The van der Waals surface area contributed by atoms with Crippen molar-refractivity contribution in [2.45, 2.75) is 32.5 Å². The van der Waals surface area contributed by atoms with Gasteiger partial charge in [-0.25, -0.2) is 0 Å². The number of ether oxygens (including phenoxy) is 2. The summed E-state index contributed by atoms with van der Waals surface area (Å²) in [6.45, 7) is 7.54. The number of hydrogen-bond acceptors (Lipinski definition) is 6. The summed E-state index contributed by atoms with van der Waals surface area (Å²) in [6, 6.07) is 9.63. The smallest absolute Gasteiger partial charge is 0.264 e. The predicted octanol–water partition coefficient (Wildman–Crippen LogP) is 2.69. The number of carbonyl (C=O) groups is 1. The molecular formula is C26H34N4O4. The third-order valence-corrected chi connectivity index (χ3v) is 6.17. The lowest BCUT2D eigenvalue weighted by Crippen LogP contribution is -2.49. The number of carbonyl (C=O) groups excluding carboxylic acids is 1. The van der Waals surface area contributed by atoms with E-state index in [1.165, 1.54) is 0 Å². The van der Waals surface area contributed by atoms with E-state index in [-0.39, 0.29) is 11.8 Å². The van der Waals surface area contributed by atoms with Crippen molar-refractivity contribution in [1.82, 2.24) is 20.2 Å². The monoisotopic (exact) mass is 466 g/mol. The maximum absolute atomic E-state index is 13.1. The number of para-hydroxylation sites is 1. The number of rotatable bonds is 10. The van der Waals surface area contributed by atoms with Crippen LogP contribution in [0.1, 0.15) is 31.1 Å². The van der Waals surface area contributed by atoms with Crippen LogP contribution in [0.2, 0.25) is 0 Å². The van der Waals surface area contributed by atoms with Gasteiger partial charge in [-0.05, 0) is 36.6 Å². The Kier molecular flexibility index (Phi) is 8.16. The van der Waals surface area contributed by atoms with Gasteiger partial charge in [0.2, 0.25) is 0 Å². The van der Waals surface area contributed by atoms with E-state index in [0.29, 0.717) is 38.6 Å². The number of aromatic nitrogens is 2. The molecule has 1 aromatic carbocycles. The molecule has 2 atom stereocenters. The van der Waals surface area contributed by atoms with Gasteiger partial charge in [-0.15, -0.1) is 0 Å². The van der Waals surface area contributed by atoms with Gasteiger partial charge < -0.3 is 29.8 Å². The molecule has 1 aliphatic heterocycles. The minimum atomic E-state index is -0.589. The number of amides is 1. The quantitative estimate of drug-likeness (QED) is 0.397. The van der Waals surface area contributed by atoms with E-state index in [1.54, 1.807) is 12.4 Å². The molecule has 4 rings (SSSR count). The number of pyridine rings is 1. The maximum Gasteiger partial charge on any atom is 0.264 e. The van der Waals surface area contributed by atoms with Gasteiger partial charge in [-0.1, -0.05) is 32.0 Å². The largest absolute Gasteiger partial charge is 0.478 e. The van der Waals surface area contributed by atoms with Gasteiger partial charge in [0.1, 0.15) is 5.75 Å². The first kappa shape index (κ1) is 24.2. The molecule has 1 amide bonds. The Morgan fingerprint density at radius 1 is 1.26 bits per heavy atom. The van der Waals surface area contributed by atoms with Gasteiger partial charge in [0.25, 0.3) is 5.91 Å². The first-order valence-corrected chi connectivity index (χ1v) is 12.0. The molecule has 0 spiro atoms. The summed E-state index contributed by atoms with van der Waals surface area (Å²) >= 11 is 0. The normalized spacial score (nSPS) is 16.1. The lowest BCUT2D eigenvalue weighted by Gasteiger charge is -2.32. The first-order valence-electron chi connectivity index (χ1n) is 12.0. The van der Waals surface area contributed by atoms with Gasteiger partial charge in [0.15, 0.2) is 6.10 Å². The second kappa shape index (κ2) is 11.5. The summed E-state index contributed by atoms with van der Waals surface area (Å²) in [5.74, 6) is 0.734. The summed E-state index contributed by atoms with van der Waals surface area (Å²) in [4.78, 5) is 22.3. The number of nitrogens with zero attached hydrogens (tertiary/aromatic N) is 2.